The van der Waals surface area contributed by atoms with Crippen molar-refractivity contribution in [3.05, 3.63) is 53.1 Å². The van der Waals surface area contributed by atoms with Crippen LogP contribution in [0.5, 0.6) is 0 Å². The Morgan fingerprint density at radius 1 is 0.889 bits per heavy atom. The Hall–Kier alpha value is -1.56. The van der Waals surface area contributed by atoms with Crippen molar-refractivity contribution >= 4 is 16.8 Å². The first-order chi connectivity index (χ1) is 8.92. The molecule has 0 aromatic heterocycles. The lowest BCUT2D eigenvalue weighted by molar-refractivity contribution is 0.635. The molecular formula is C18H18. The largest absolute Gasteiger partial charge is 0.0621 e. The van der Waals surface area contributed by atoms with E-state index in [4.69, 9.17) is 0 Å². The Morgan fingerprint density at radius 2 is 1.72 bits per heavy atom. The highest BCUT2D eigenvalue weighted by Crippen LogP contribution is 2.40. The SMILES string of the molecule is C1=C(C2CCCC2)Cc2c1ccc1ccccc21. The smallest absolute Gasteiger partial charge is 0.00489 e. The van der Waals surface area contributed by atoms with Gasteiger partial charge in [0.05, 0.1) is 0 Å². The minimum absolute atomic E-state index is 0.871. The van der Waals surface area contributed by atoms with E-state index in [9.17, 15) is 0 Å². The van der Waals surface area contributed by atoms with E-state index < -0.39 is 0 Å². The van der Waals surface area contributed by atoms with Crippen LogP contribution >= 0.6 is 0 Å². The van der Waals surface area contributed by atoms with E-state index in [1.165, 1.54) is 48.4 Å². The number of benzene rings is 2. The fraction of sp³-hybridized carbons (Fsp3) is 0.333. The maximum atomic E-state index is 2.47. The summed E-state index contributed by atoms with van der Waals surface area (Å²) in [6.45, 7) is 0. The van der Waals surface area contributed by atoms with Crippen LogP contribution in [0, 0.1) is 5.92 Å². The van der Waals surface area contributed by atoms with E-state index in [1.807, 2.05) is 0 Å². The van der Waals surface area contributed by atoms with Crippen LogP contribution in [0.2, 0.25) is 0 Å². The molecule has 0 N–H and O–H groups in total. The van der Waals surface area contributed by atoms with Gasteiger partial charge in [-0.25, -0.2) is 0 Å². The molecule has 4 rings (SSSR count). The van der Waals surface area contributed by atoms with Gasteiger partial charge >= 0.3 is 0 Å². The highest BCUT2D eigenvalue weighted by atomic mass is 14.3. The van der Waals surface area contributed by atoms with Gasteiger partial charge in [0.25, 0.3) is 0 Å². The zero-order valence-electron chi connectivity index (χ0n) is 10.7. The third-order valence-electron chi connectivity index (χ3n) is 4.68. The highest BCUT2D eigenvalue weighted by Gasteiger charge is 2.24. The van der Waals surface area contributed by atoms with Crippen molar-refractivity contribution in [1.82, 2.24) is 0 Å². The zero-order chi connectivity index (χ0) is 11.9. The molecule has 0 heteroatoms. The summed E-state index contributed by atoms with van der Waals surface area (Å²) in [6.07, 6.45) is 9.35. The molecule has 0 spiro atoms. The molecule has 2 aromatic rings. The quantitative estimate of drug-likeness (QED) is 0.653. The van der Waals surface area contributed by atoms with Crippen molar-refractivity contribution in [3.63, 3.8) is 0 Å². The standard InChI is InChI=1S/C18H18/c1-2-6-13(5-1)16-11-15-10-9-14-7-3-4-8-17(14)18(15)12-16/h3-4,7-11,13H,1-2,5-6,12H2. The summed E-state index contributed by atoms with van der Waals surface area (Å²) in [6, 6.07) is 13.4. The van der Waals surface area contributed by atoms with Gasteiger partial charge in [0, 0.05) is 0 Å². The Bertz CT molecular complexity index is 628. The van der Waals surface area contributed by atoms with Crippen LogP contribution in [0.3, 0.4) is 0 Å². The molecule has 1 fully saturated rings. The fourth-order valence-corrected chi connectivity index (χ4v) is 3.70. The molecule has 0 aliphatic heterocycles. The van der Waals surface area contributed by atoms with Crippen molar-refractivity contribution in [2.45, 2.75) is 32.1 Å². The number of rotatable bonds is 1. The lowest BCUT2D eigenvalue weighted by Gasteiger charge is -2.10. The maximum Gasteiger partial charge on any atom is -0.00489 e. The normalized spacial score (nSPS) is 19.2. The number of allylic oxidation sites excluding steroid dienone is 1. The molecule has 0 amide bonds. The predicted molar refractivity (Wildman–Crippen MR) is 77.6 cm³/mol. The molecule has 0 nitrogen and oxygen atoms in total. The minimum atomic E-state index is 0.871. The van der Waals surface area contributed by atoms with Gasteiger partial charge in [0.15, 0.2) is 0 Å². The fourth-order valence-electron chi connectivity index (χ4n) is 3.70. The highest BCUT2D eigenvalue weighted by molar-refractivity contribution is 5.91. The van der Waals surface area contributed by atoms with Gasteiger partial charge in [0.2, 0.25) is 0 Å². The number of fused-ring (bicyclic) bond motifs is 3. The van der Waals surface area contributed by atoms with Gasteiger partial charge < -0.3 is 0 Å². The van der Waals surface area contributed by atoms with Gasteiger partial charge in [0.1, 0.15) is 0 Å². The van der Waals surface area contributed by atoms with Crippen molar-refractivity contribution in [2.75, 3.05) is 0 Å². The van der Waals surface area contributed by atoms with E-state index in [0.29, 0.717) is 0 Å². The average Bonchev–Trinajstić information content (AvgIpc) is 3.07. The van der Waals surface area contributed by atoms with Gasteiger partial charge in [-0.05, 0) is 47.1 Å². The zero-order valence-corrected chi connectivity index (χ0v) is 10.7. The summed E-state index contributed by atoms with van der Waals surface area (Å²) >= 11 is 0. The summed E-state index contributed by atoms with van der Waals surface area (Å²) in [5, 5.41) is 2.84. The van der Waals surface area contributed by atoms with Crippen molar-refractivity contribution < 1.29 is 0 Å². The molecule has 0 saturated heterocycles. The molecule has 90 valence electrons. The van der Waals surface area contributed by atoms with Crippen molar-refractivity contribution in [1.29, 1.82) is 0 Å². The molecular weight excluding hydrogens is 216 g/mol. The monoisotopic (exact) mass is 234 g/mol. The average molecular weight is 234 g/mol. The third-order valence-corrected chi connectivity index (χ3v) is 4.68. The number of hydrogen-bond acceptors (Lipinski definition) is 0. The molecule has 18 heavy (non-hydrogen) atoms. The van der Waals surface area contributed by atoms with Crippen molar-refractivity contribution in [2.24, 2.45) is 5.92 Å². The summed E-state index contributed by atoms with van der Waals surface area (Å²) in [4.78, 5) is 0. The van der Waals surface area contributed by atoms with Crippen LogP contribution in [-0.2, 0) is 6.42 Å². The lowest BCUT2D eigenvalue weighted by atomic mass is 9.94. The molecule has 0 atom stereocenters. The molecule has 2 aliphatic carbocycles. The van der Waals surface area contributed by atoms with E-state index >= 15 is 0 Å². The van der Waals surface area contributed by atoms with Crippen LogP contribution < -0.4 is 0 Å². The molecule has 1 saturated carbocycles. The van der Waals surface area contributed by atoms with Crippen LogP contribution in [0.25, 0.3) is 16.8 Å². The molecule has 0 radical (unpaired) electrons. The summed E-state index contributed by atoms with van der Waals surface area (Å²) in [7, 11) is 0. The first kappa shape index (κ1) is 10.4. The number of hydrogen-bond donors (Lipinski definition) is 0. The second-order valence-corrected chi connectivity index (χ2v) is 5.73. The van der Waals surface area contributed by atoms with Crippen LogP contribution in [0.4, 0.5) is 0 Å². The Balaban J connectivity index is 1.79. The first-order valence-electron chi connectivity index (χ1n) is 7.13. The van der Waals surface area contributed by atoms with E-state index in [2.05, 4.69) is 42.5 Å². The maximum absolute atomic E-state index is 2.47. The van der Waals surface area contributed by atoms with E-state index in [0.717, 1.165) is 5.92 Å². The van der Waals surface area contributed by atoms with Crippen LogP contribution in [0.15, 0.2) is 42.0 Å². The first-order valence-corrected chi connectivity index (χ1v) is 7.13. The lowest BCUT2D eigenvalue weighted by Crippen LogP contribution is -1.98. The topological polar surface area (TPSA) is 0 Å². The third kappa shape index (κ3) is 1.52. The van der Waals surface area contributed by atoms with Gasteiger partial charge in [-0.3, -0.25) is 0 Å². The molecule has 0 heterocycles. The van der Waals surface area contributed by atoms with Crippen molar-refractivity contribution in [3.8, 4) is 0 Å². The minimum Gasteiger partial charge on any atom is -0.0621 e. The van der Waals surface area contributed by atoms with Crippen LogP contribution in [-0.4, -0.2) is 0 Å². The van der Waals surface area contributed by atoms with Gasteiger partial charge in [-0.2, -0.15) is 0 Å². The second kappa shape index (κ2) is 3.98. The Labute approximate surface area is 108 Å². The molecule has 0 unspecified atom stereocenters. The van der Waals surface area contributed by atoms with Gasteiger partial charge in [-0.15, -0.1) is 0 Å². The Kier molecular flexibility index (Phi) is 2.29. The summed E-state index contributed by atoms with van der Waals surface area (Å²) in [5.74, 6) is 0.871. The predicted octanol–water partition coefficient (Wildman–Crippen LogP) is 4.97. The molecule has 0 bridgehead atoms. The van der Waals surface area contributed by atoms with Crippen LogP contribution in [0.1, 0.15) is 36.8 Å². The Morgan fingerprint density at radius 3 is 2.61 bits per heavy atom. The van der Waals surface area contributed by atoms with E-state index in [-0.39, 0.29) is 0 Å². The van der Waals surface area contributed by atoms with Gasteiger partial charge in [-0.1, -0.05) is 60.9 Å². The molecule has 2 aromatic carbocycles. The second-order valence-electron chi connectivity index (χ2n) is 5.73. The molecule has 2 aliphatic rings. The summed E-state index contributed by atoms with van der Waals surface area (Å²) in [5.41, 5.74) is 4.73. The van der Waals surface area contributed by atoms with E-state index in [1.54, 1.807) is 11.1 Å². The summed E-state index contributed by atoms with van der Waals surface area (Å²) < 4.78 is 0.